The summed E-state index contributed by atoms with van der Waals surface area (Å²) in [7, 11) is 0. The smallest absolute Gasteiger partial charge is 0.223 e. The lowest BCUT2D eigenvalue weighted by atomic mass is 9.88. The minimum atomic E-state index is -0.310. The van der Waals surface area contributed by atoms with E-state index in [2.05, 4.69) is 27.4 Å². The Bertz CT molecular complexity index is 1290. The molecule has 1 aromatic carbocycles. The summed E-state index contributed by atoms with van der Waals surface area (Å²) < 4.78 is 6.34. The summed E-state index contributed by atoms with van der Waals surface area (Å²) in [4.78, 5) is 24.1. The van der Waals surface area contributed by atoms with Crippen LogP contribution in [0.1, 0.15) is 37.4 Å². The number of hydrogen-bond donors (Lipinski definition) is 3. The van der Waals surface area contributed by atoms with E-state index in [1.165, 1.54) is 0 Å². The molecule has 5 atom stereocenters. The van der Waals surface area contributed by atoms with Gasteiger partial charge in [-0.15, -0.1) is 0 Å². The number of aliphatic imine (C=N–C) groups is 1. The van der Waals surface area contributed by atoms with Gasteiger partial charge in [0.15, 0.2) is 0 Å². The van der Waals surface area contributed by atoms with Crippen LogP contribution in [0.3, 0.4) is 0 Å². The number of anilines is 1. The van der Waals surface area contributed by atoms with Crippen molar-refractivity contribution in [3.05, 3.63) is 58.9 Å². The number of nitrogens with two attached hydrogens (primary N) is 1. The number of halogens is 1. The zero-order chi connectivity index (χ0) is 26.4. The molecule has 2 aliphatic carbocycles. The number of rotatable bonds is 8. The second-order valence-corrected chi connectivity index (χ2v) is 11.5. The second kappa shape index (κ2) is 10.3. The monoisotopic (exact) mass is 535 g/mol. The summed E-state index contributed by atoms with van der Waals surface area (Å²) in [6, 6.07) is 7.97. The van der Waals surface area contributed by atoms with E-state index < -0.39 is 0 Å². The van der Waals surface area contributed by atoms with Crippen LogP contribution >= 0.6 is 11.6 Å². The number of aromatic nitrogens is 1. The van der Waals surface area contributed by atoms with Crippen molar-refractivity contribution < 1.29 is 14.6 Å². The summed E-state index contributed by atoms with van der Waals surface area (Å²) in [5, 5.41) is 13.7. The number of piperidine rings is 1. The van der Waals surface area contributed by atoms with Gasteiger partial charge in [-0.2, -0.15) is 0 Å². The number of hydrogen-bond acceptors (Lipinski definition) is 7. The topological polar surface area (TPSA) is 113 Å². The molecular formula is C29H34ClN5O3. The van der Waals surface area contributed by atoms with Crippen LogP contribution in [0.25, 0.3) is 0 Å². The summed E-state index contributed by atoms with van der Waals surface area (Å²) in [6.07, 6.45) is 9.19. The lowest BCUT2D eigenvalue weighted by molar-refractivity contribution is -0.122. The van der Waals surface area contributed by atoms with Gasteiger partial charge in [0.1, 0.15) is 17.5 Å². The molecule has 1 amide bonds. The van der Waals surface area contributed by atoms with Gasteiger partial charge in [0.2, 0.25) is 5.91 Å². The number of nitrogens with one attached hydrogen (secondary N) is 1. The minimum Gasteiger partial charge on any atom is -0.490 e. The number of amides is 1. The number of ether oxygens (including phenoxy) is 1. The molecule has 8 nitrogen and oxygen atoms in total. The van der Waals surface area contributed by atoms with Crippen molar-refractivity contribution in [2.24, 2.45) is 28.5 Å². The van der Waals surface area contributed by atoms with Crippen molar-refractivity contribution in [1.82, 2.24) is 9.88 Å². The molecule has 6 rings (SSSR count). The van der Waals surface area contributed by atoms with Crippen molar-refractivity contribution in [2.45, 2.75) is 50.9 Å². The number of carbonyl (C=O) groups excluding carboxylic acids is 1. The molecule has 0 radical (unpaired) electrons. The number of benzene rings is 1. The van der Waals surface area contributed by atoms with Gasteiger partial charge in [-0.1, -0.05) is 35.9 Å². The van der Waals surface area contributed by atoms with Gasteiger partial charge in [0.05, 0.1) is 34.1 Å². The third kappa shape index (κ3) is 4.93. The van der Waals surface area contributed by atoms with Gasteiger partial charge in [-0.25, -0.2) is 4.99 Å². The van der Waals surface area contributed by atoms with Crippen LogP contribution in [0.15, 0.2) is 47.6 Å². The zero-order valence-electron chi connectivity index (χ0n) is 21.5. The Morgan fingerprint density at radius 3 is 2.84 bits per heavy atom. The van der Waals surface area contributed by atoms with Crippen molar-refractivity contribution in [3.8, 4) is 5.75 Å². The number of nitrogens with zero attached hydrogens (tertiary/aromatic N) is 3. The molecule has 2 fully saturated rings. The van der Waals surface area contributed by atoms with Gasteiger partial charge < -0.3 is 25.8 Å². The fourth-order valence-electron chi connectivity index (χ4n) is 6.50. The van der Waals surface area contributed by atoms with E-state index >= 15 is 0 Å². The fourth-order valence-corrected chi connectivity index (χ4v) is 6.70. The number of fused-ring (bicyclic) bond motifs is 3. The average molecular weight is 536 g/mol. The quantitative estimate of drug-likeness (QED) is 0.444. The summed E-state index contributed by atoms with van der Waals surface area (Å²) in [5.41, 5.74) is 10.00. The van der Waals surface area contributed by atoms with Crippen LogP contribution in [-0.4, -0.2) is 64.5 Å². The summed E-state index contributed by atoms with van der Waals surface area (Å²) >= 11 is 6.62. The Labute approximate surface area is 227 Å². The number of allylic oxidation sites excluding steroid dienone is 1. The number of pyridine rings is 1. The Kier molecular flexibility index (Phi) is 6.88. The van der Waals surface area contributed by atoms with Gasteiger partial charge in [-0.05, 0) is 50.2 Å². The molecule has 0 spiro atoms. The number of likely N-dealkylation sites (tertiary alicyclic amines) is 1. The van der Waals surface area contributed by atoms with Crippen molar-refractivity contribution in [3.63, 3.8) is 0 Å². The first kappa shape index (κ1) is 25.3. The number of aliphatic hydroxyl groups is 1. The SMILES string of the molecule is CC(O)CN1CCC(Oc2cccc(C3=Nc4c(ncc(Cl)c4N[C@H]4[C@@H](C(N)=O)[C@@H]5C=C[C@H]4C5)C3)c2)CC1. The first-order chi connectivity index (χ1) is 18.4. The van der Waals surface area contributed by atoms with Crippen LogP contribution in [0.5, 0.6) is 5.75 Å². The third-order valence-corrected chi connectivity index (χ3v) is 8.58. The molecule has 9 heteroatoms. The van der Waals surface area contributed by atoms with Crippen LogP contribution in [-0.2, 0) is 11.2 Å². The van der Waals surface area contributed by atoms with E-state index in [0.717, 1.165) is 66.4 Å². The average Bonchev–Trinajstić information content (AvgIpc) is 3.62. The Balaban J connectivity index is 1.18. The first-order valence-corrected chi connectivity index (χ1v) is 13.9. The number of β-amino-alcohol motifs (C(OH)–C–C–N with tert-alkyl or cyclic N) is 1. The third-order valence-electron chi connectivity index (χ3n) is 8.29. The van der Waals surface area contributed by atoms with Crippen LogP contribution in [0.4, 0.5) is 11.4 Å². The molecule has 1 unspecified atom stereocenters. The van der Waals surface area contributed by atoms with Crippen LogP contribution < -0.4 is 15.8 Å². The highest BCUT2D eigenvalue weighted by Gasteiger charge is 2.48. The van der Waals surface area contributed by atoms with E-state index in [1.807, 2.05) is 31.2 Å². The van der Waals surface area contributed by atoms with Gasteiger partial charge in [0.25, 0.3) is 0 Å². The van der Waals surface area contributed by atoms with Crippen molar-refractivity contribution in [1.29, 1.82) is 0 Å². The highest BCUT2D eigenvalue weighted by atomic mass is 35.5. The van der Waals surface area contributed by atoms with Gasteiger partial charge in [-0.3, -0.25) is 9.78 Å². The molecule has 2 aromatic rings. The predicted molar refractivity (Wildman–Crippen MR) is 148 cm³/mol. The molecule has 4 aliphatic rings. The maximum Gasteiger partial charge on any atom is 0.223 e. The molecule has 2 bridgehead atoms. The molecule has 1 saturated carbocycles. The minimum absolute atomic E-state index is 0.102. The fraction of sp³-hybridized carbons (Fsp3) is 0.483. The van der Waals surface area contributed by atoms with Crippen molar-refractivity contribution >= 4 is 34.6 Å². The molecule has 1 saturated heterocycles. The van der Waals surface area contributed by atoms with Crippen molar-refractivity contribution in [2.75, 3.05) is 25.0 Å². The van der Waals surface area contributed by atoms with E-state index in [1.54, 1.807) is 6.20 Å². The first-order valence-electron chi connectivity index (χ1n) is 13.5. The zero-order valence-corrected chi connectivity index (χ0v) is 22.3. The van der Waals surface area contributed by atoms with E-state index in [-0.39, 0.29) is 41.9 Å². The normalized spacial score (nSPS) is 27.3. The standard InChI is InChI=1S/C29H34ClN5O3/c1-16(36)15-35-9-7-20(8-10-35)38-21-4-2-3-17(12-21)23-13-24-28(33-23)27(22(30)14-32-24)34-26-19-6-5-18(11-19)25(26)29(31)37/h2-6,12,14,16,18-20,25-26,36H,7-11,13,15H2,1H3,(H2,31,37)(H,32,34)/t16?,18-,19+,25+,26-/m1/s1. The Hall–Kier alpha value is -2.94. The molecule has 3 heterocycles. The number of primary amides is 1. The molecule has 1 aromatic heterocycles. The van der Waals surface area contributed by atoms with E-state index in [0.29, 0.717) is 18.0 Å². The molecular weight excluding hydrogens is 502 g/mol. The highest BCUT2D eigenvalue weighted by Crippen LogP contribution is 2.47. The lowest BCUT2D eigenvalue weighted by Crippen LogP contribution is -2.41. The maximum absolute atomic E-state index is 12.2. The largest absolute Gasteiger partial charge is 0.490 e. The maximum atomic E-state index is 12.2. The Morgan fingerprint density at radius 2 is 2.08 bits per heavy atom. The predicted octanol–water partition coefficient (Wildman–Crippen LogP) is 3.72. The summed E-state index contributed by atoms with van der Waals surface area (Å²) in [5.74, 6) is 0.710. The Morgan fingerprint density at radius 1 is 1.29 bits per heavy atom. The molecule has 38 heavy (non-hydrogen) atoms. The second-order valence-electron chi connectivity index (χ2n) is 11.1. The lowest BCUT2D eigenvalue weighted by Gasteiger charge is -2.32. The van der Waals surface area contributed by atoms with Crippen LogP contribution in [0.2, 0.25) is 5.02 Å². The number of carbonyl (C=O) groups is 1. The molecule has 4 N–H and O–H groups in total. The molecule has 2 aliphatic heterocycles. The van der Waals surface area contributed by atoms with E-state index in [9.17, 15) is 9.90 Å². The highest BCUT2D eigenvalue weighted by molar-refractivity contribution is 6.34. The van der Waals surface area contributed by atoms with Gasteiger partial charge in [0, 0.05) is 43.9 Å². The van der Waals surface area contributed by atoms with Crippen LogP contribution in [0, 0.1) is 17.8 Å². The summed E-state index contributed by atoms with van der Waals surface area (Å²) in [6.45, 7) is 4.39. The van der Waals surface area contributed by atoms with Gasteiger partial charge >= 0.3 is 0 Å². The molecule has 200 valence electrons. The van der Waals surface area contributed by atoms with E-state index in [4.69, 9.17) is 27.1 Å². The number of aliphatic hydroxyl groups excluding tert-OH is 1.